The highest BCUT2D eigenvalue weighted by Gasteiger charge is 2.17. The van der Waals surface area contributed by atoms with E-state index in [4.69, 9.17) is 11.5 Å². The van der Waals surface area contributed by atoms with Crippen LogP contribution in [0.15, 0.2) is 106 Å². The molecule has 0 saturated carbocycles. The molecule has 12 heteroatoms. The van der Waals surface area contributed by atoms with Gasteiger partial charge in [-0.05, 0) is 68.3 Å². The summed E-state index contributed by atoms with van der Waals surface area (Å²) in [6.45, 7) is 0. The molecule has 0 aliphatic rings. The number of carbonyl (C=O) groups is 2. The van der Waals surface area contributed by atoms with Crippen molar-refractivity contribution in [3.8, 4) is 0 Å². The minimum absolute atomic E-state index is 0.00916. The number of nitrogen functional groups attached to an aromatic ring is 1. The molecule has 4 amide bonds. The number of nitrogens with one attached hydrogen (secondary N) is 3. The molecular weight excluding hydrogens is 650 g/mol. The summed E-state index contributed by atoms with van der Waals surface area (Å²) >= 11 is 6.62. The van der Waals surface area contributed by atoms with Crippen LogP contribution in [0, 0.1) is 0 Å². The van der Waals surface area contributed by atoms with Crippen LogP contribution in [0.2, 0.25) is 0 Å². The van der Waals surface area contributed by atoms with Gasteiger partial charge in [-0.1, -0.05) is 60.7 Å². The topological polar surface area (TPSA) is 156 Å². The normalized spacial score (nSPS) is 9.90. The van der Waals surface area contributed by atoms with Gasteiger partial charge in [-0.25, -0.2) is 9.59 Å². The van der Waals surface area contributed by atoms with Crippen LogP contribution >= 0.6 is 31.9 Å². The number of rotatable bonds is 5. The van der Waals surface area contributed by atoms with E-state index >= 15 is 0 Å². The number of amides is 4. The van der Waals surface area contributed by atoms with Crippen molar-refractivity contribution >= 4 is 81.8 Å². The Bertz CT molecular complexity index is 1640. The molecule has 0 aromatic heterocycles. The second-order valence-corrected chi connectivity index (χ2v) is 10.3. The summed E-state index contributed by atoms with van der Waals surface area (Å²) in [5.41, 5.74) is 13.5. The third-order valence-electron chi connectivity index (χ3n) is 5.05. The zero-order valence-electron chi connectivity index (χ0n) is 20.2. The molecule has 0 fully saturated rings. The maximum absolute atomic E-state index is 12.5. The largest absolute Gasteiger partial charge is 0.398 e. The van der Waals surface area contributed by atoms with Crippen LogP contribution in [0.5, 0.6) is 0 Å². The van der Waals surface area contributed by atoms with Gasteiger partial charge in [0, 0.05) is 25.8 Å². The molecule has 0 spiro atoms. The monoisotopic (exact) mass is 671 g/mol. The number of anilines is 4. The number of urea groups is 2. The minimum atomic E-state index is -2.57. The smallest absolute Gasteiger partial charge is 0.323 e. The molecular formula is C27H23Br2N5O4S. The van der Waals surface area contributed by atoms with Gasteiger partial charge in [0.25, 0.3) is 0 Å². The fourth-order valence-electron chi connectivity index (χ4n) is 3.35. The summed E-state index contributed by atoms with van der Waals surface area (Å²) < 4.78 is 25.5. The molecule has 0 unspecified atom stereocenters. The molecule has 4 aromatic rings. The Morgan fingerprint density at radius 3 is 1.56 bits per heavy atom. The first kappa shape index (κ1) is 29.4. The molecule has 0 aliphatic heterocycles. The van der Waals surface area contributed by atoms with Crippen LogP contribution in [0.4, 0.5) is 32.3 Å². The van der Waals surface area contributed by atoms with Crippen molar-refractivity contribution in [3.63, 3.8) is 0 Å². The molecule has 7 N–H and O–H groups in total. The summed E-state index contributed by atoms with van der Waals surface area (Å²) in [5, 5.41) is 7.89. The van der Waals surface area contributed by atoms with Crippen molar-refractivity contribution in [2.24, 2.45) is 5.73 Å². The van der Waals surface area contributed by atoms with E-state index in [2.05, 4.69) is 47.8 Å². The summed E-state index contributed by atoms with van der Waals surface area (Å²) in [6.07, 6.45) is 0. The average Bonchev–Trinajstić information content (AvgIpc) is 2.89. The zero-order chi connectivity index (χ0) is 28.4. The van der Waals surface area contributed by atoms with Gasteiger partial charge in [-0.15, -0.1) is 0 Å². The molecule has 0 aliphatic carbocycles. The van der Waals surface area contributed by atoms with Crippen LogP contribution in [0.25, 0.3) is 0 Å². The summed E-state index contributed by atoms with van der Waals surface area (Å²) in [5.74, 6) is 0. The van der Waals surface area contributed by atoms with Crippen molar-refractivity contribution in [1.29, 1.82) is 0 Å². The zero-order valence-corrected chi connectivity index (χ0v) is 24.2. The molecule has 9 nitrogen and oxygen atoms in total. The molecule has 39 heavy (non-hydrogen) atoms. The van der Waals surface area contributed by atoms with Crippen molar-refractivity contribution in [1.82, 2.24) is 0 Å². The lowest BCUT2D eigenvalue weighted by molar-refractivity contribution is 0.259. The van der Waals surface area contributed by atoms with Crippen LogP contribution in [-0.2, 0) is 10.3 Å². The Kier molecular flexibility index (Phi) is 10.7. The van der Waals surface area contributed by atoms with Crippen molar-refractivity contribution < 1.29 is 18.0 Å². The van der Waals surface area contributed by atoms with Crippen molar-refractivity contribution in [2.75, 3.05) is 21.7 Å². The van der Waals surface area contributed by atoms with E-state index in [1.807, 2.05) is 24.3 Å². The quantitative estimate of drug-likeness (QED) is 0.0989. The SMILES string of the molecule is NC(=O)Nc1ccccc1Br.Nc1ccccc1C(c1ccccc1NC(=O)Nc1ccccc1Br)=S(=O)=O. The van der Waals surface area contributed by atoms with Crippen LogP contribution in [0.1, 0.15) is 11.1 Å². The van der Waals surface area contributed by atoms with Gasteiger partial charge in [-0.2, -0.15) is 8.42 Å². The van der Waals surface area contributed by atoms with E-state index in [1.54, 1.807) is 72.8 Å². The van der Waals surface area contributed by atoms with Gasteiger partial charge < -0.3 is 27.4 Å². The summed E-state index contributed by atoms with van der Waals surface area (Å²) in [4.78, 5) is 22.9. The fourth-order valence-corrected chi connectivity index (χ4v) is 4.84. The predicted molar refractivity (Wildman–Crippen MR) is 164 cm³/mol. The highest BCUT2D eigenvalue weighted by molar-refractivity contribution is 9.11. The van der Waals surface area contributed by atoms with E-state index in [-0.39, 0.29) is 4.86 Å². The number of hydrogen-bond acceptors (Lipinski definition) is 5. The molecule has 4 aromatic carbocycles. The van der Waals surface area contributed by atoms with E-state index in [0.717, 1.165) is 8.95 Å². The molecule has 0 saturated heterocycles. The summed E-state index contributed by atoms with van der Waals surface area (Å²) in [6, 6.07) is 26.7. The first-order valence-corrected chi connectivity index (χ1v) is 13.9. The lowest BCUT2D eigenvalue weighted by Crippen LogP contribution is -2.21. The number of nitrogens with two attached hydrogens (primary N) is 2. The molecule has 0 bridgehead atoms. The Morgan fingerprint density at radius 2 is 1.05 bits per heavy atom. The van der Waals surface area contributed by atoms with E-state index < -0.39 is 22.4 Å². The maximum Gasteiger partial charge on any atom is 0.323 e. The lowest BCUT2D eigenvalue weighted by atomic mass is 10.0. The Hall–Kier alpha value is -4.13. The number of benzene rings is 4. The maximum atomic E-state index is 12.5. The van der Waals surface area contributed by atoms with Crippen LogP contribution in [0.3, 0.4) is 0 Å². The van der Waals surface area contributed by atoms with Crippen molar-refractivity contribution in [2.45, 2.75) is 0 Å². The molecule has 0 radical (unpaired) electrons. The first-order chi connectivity index (χ1) is 18.7. The Morgan fingerprint density at radius 1 is 0.615 bits per heavy atom. The third kappa shape index (κ3) is 8.43. The molecule has 0 heterocycles. The van der Waals surface area contributed by atoms with Crippen LogP contribution < -0.4 is 27.4 Å². The number of primary amides is 1. The summed E-state index contributed by atoms with van der Waals surface area (Å²) in [7, 11) is -2.57. The number of para-hydroxylation sites is 4. The van der Waals surface area contributed by atoms with E-state index in [9.17, 15) is 18.0 Å². The van der Waals surface area contributed by atoms with Gasteiger partial charge in [0.05, 0.1) is 17.1 Å². The average molecular weight is 673 g/mol. The second kappa shape index (κ2) is 14.1. The first-order valence-electron chi connectivity index (χ1n) is 11.2. The minimum Gasteiger partial charge on any atom is -0.398 e. The van der Waals surface area contributed by atoms with Gasteiger partial charge in [0.15, 0.2) is 0 Å². The number of carbonyl (C=O) groups excluding carboxylic acids is 2. The van der Waals surface area contributed by atoms with E-state index in [0.29, 0.717) is 33.9 Å². The molecule has 200 valence electrons. The predicted octanol–water partition coefficient (Wildman–Crippen LogP) is 6.06. The highest BCUT2D eigenvalue weighted by Crippen LogP contribution is 2.25. The number of halogens is 2. The Labute approximate surface area is 243 Å². The van der Waals surface area contributed by atoms with Crippen molar-refractivity contribution in [3.05, 3.63) is 117 Å². The highest BCUT2D eigenvalue weighted by atomic mass is 79.9. The Balaban J connectivity index is 0.000000320. The van der Waals surface area contributed by atoms with Gasteiger partial charge in [0.2, 0.25) is 10.3 Å². The second-order valence-electron chi connectivity index (χ2n) is 7.72. The molecule has 4 rings (SSSR count). The lowest BCUT2D eigenvalue weighted by Gasteiger charge is -2.14. The van der Waals surface area contributed by atoms with E-state index in [1.165, 1.54) is 0 Å². The van der Waals surface area contributed by atoms with Gasteiger partial charge in [-0.3, -0.25) is 0 Å². The van der Waals surface area contributed by atoms with Crippen LogP contribution in [-0.4, -0.2) is 25.3 Å². The van der Waals surface area contributed by atoms with Gasteiger partial charge in [0.1, 0.15) is 4.86 Å². The number of hydrogen-bond donors (Lipinski definition) is 5. The fraction of sp³-hybridized carbons (Fsp3) is 0. The molecule has 0 atom stereocenters. The van der Waals surface area contributed by atoms with Gasteiger partial charge >= 0.3 is 12.1 Å². The standard InChI is InChI=1S/C20H16BrN3O3S.C7H7BrN2O/c21-15-9-3-6-12-18(15)24-20(25)23-17-11-5-2-8-14(17)19(28(26)27)13-7-1-4-10-16(13)22;8-5-3-1-2-4-6(5)10-7(9)11/h1-12H,22H2,(H2,23,24,25);1-4H,(H3,9,10,11). The third-order valence-corrected chi connectivity index (χ3v) is 7.20.